The molecular formula is C14H18ClNO4. The van der Waals surface area contributed by atoms with Crippen LogP contribution in [-0.2, 0) is 16.1 Å². The minimum absolute atomic E-state index is 0.262. The average molecular weight is 300 g/mol. The third-order valence-electron chi connectivity index (χ3n) is 3.09. The third kappa shape index (κ3) is 4.67. The van der Waals surface area contributed by atoms with Gasteiger partial charge in [-0.1, -0.05) is 11.6 Å². The molecular weight excluding hydrogens is 282 g/mol. The number of rotatable bonds is 7. The molecule has 5 nitrogen and oxygen atoms in total. The Balaban J connectivity index is 1.90. The molecule has 0 saturated carbocycles. The van der Waals surface area contributed by atoms with E-state index in [1.54, 1.807) is 18.2 Å². The lowest BCUT2D eigenvalue weighted by atomic mass is 10.2. The molecule has 0 aromatic heterocycles. The van der Waals surface area contributed by atoms with Crippen LogP contribution in [0.4, 0.5) is 0 Å². The van der Waals surface area contributed by atoms with Crippen LogP contribution in [0.2, 0.25) is 5.02 Å². The molecule has 0 aliphatic carbocycles. The predicted molar refractivity (Wildman–Crippen MR) is 75.3 cm³/mol. The molecule has 0 radical (unpaired) electrons. The molecule has 1 saturated heterocycles. The molecule has 1 fully saturated rings. The zero-order valence-electron chi connectivity index (χ0n) is 11.1. The van der Waals surface area contributed by atoms with Crippen molar-refractivity contribution >= 4 is 17.6 Å². The van der Waals surface area contributed by atoms with Gasteiger partial charge in [-0.25, -0.2) is 4.79 Å². The smallest absolute Gasteiger partial charge is 0.341 e. The van der Waals surface area contributed by atoms with Gasteiger partial charge in [0, 0.05) is 30.3 Å². The monoisotopic (exact) mass is 299 g/mol. The molecule has 0 amide bonds. The summed E-state index contributed by atoms with van der Waals surface area (Å²) in [6.45, 7) is 1.80. The lowest BCUT2D eigenvalue weighted by molar-refractivity contribution is -0.139. The fourth-order valence-electron chi connectivity index (χ4n) is 2.14. The highest BCUT2D eigenvalue weighted by Gasteiger charge is 2.15. The zero-order valence-corrected chi connectivity index (χ0v) is 11.9. The van der Waals surface area contributed by atoms with Crippen molar-refractivity contribution in [2.45, 2.75) is 25.5 Å². The average Bonchev–Trinajstić information content (AvgIpc) is 2.91. The first-order valence-electron chi connectivity index (χ1n) is 6.60. The summed E-state index contributed by atoms with van der Waals surface area (Å²) in [5.41, 5.74) is 0.844. The highest BCUT2D eigenvalue weighted by Crippen LogP contribution is 2.23. The molecule has 20 heavy (non-hydrogen) atoms. The lowest BCUT2D eigenvalue weighted by Crippen LogP contribution is -2.26. The number of hydrogen-bond donors (Lipinski definition) is 2. The van der Waals surface area contributed by atoms with Gasteiger partial charge in [-0.2, -0.15) is 0 Å². The Hall–Kier alpha value is -1.30. The van der Waals surface area contributed by atoms with E-state index in [1.165, 1.54) is 0 Å². The number of nitrogens with one attached hydrogen (secondary N) is 1. The Kier molecular flexibility index (Phi) is 5.64. The Morgan fingerprint density at radius 3 is 3.10 bits per heavy atom. The Morgan fingerprint density at radius 2 is 2.40 bits per heavy atom. The van der Waals surface area contributed by atoms with Crippen molar-refractivity contribution in [1.29, 1.82) is 0 Å². The number of carbonyl (C=O) groups is 1. The number of benzene rings is 1. The van der Waals surface area contributed by atoms with Crippen LogP contribution in [0.25, 0.3) is 0 Å². The maximum absolute atomic E-state index is 10.6. The first-order valence-corrected chi connectivity index (χ1v) is 6.98. The molecule has 1 aliphatic rings. The van der Waals surface area contributed by atoms with E-state index < -0.39 is 5.97 Å². The molecule has 2 rings (SSSR count). The summed E-state index contributed by atoms with van der Waals surface area (Å²) in [7, 11) is 0. The Labute approximate surface area is 122 Å². The second-order valence-corrected chi connectivity index (χ2v) is 5.14. The molecule has 0 spiro atoms. The standard InChI is InChI=1S/C14H18ClNO4/c15-11-3-4-13(20-9-14(17)18)10(6-11)7-16-8-12-2-1-5-19-12/h3-4,6,12,16H,1-2,5,7-9H2,(H,17,18)/t12-/m0/s1. The number of ether oxygens (including phenoxy) is 2. The molecule has 1 atom stereocenters. The number of aliphatic carboxylic acids is 1. The van der Waals surface area contributed by atoms with Crippen LogP contribution in [0.15, 0.2) is 18.2 Å². The lowest BCUT2D eigenvalue weighted by Gasteiger charge is -2.14. The van der Waals surface area contributed by atoms with Crippen molar-refractivity contribution < 1.29 is 19.4 Å². The number of hydrogen-bond acceptors (Lipinski definition) is 4. The predicted octanol–water partition coefficient (Wildman–Crippen LogP) is 2.07. The van der Waals surface area contributed by atoms with Gasteiger partial charge in [-0.05, 0) is 31.0 Å². The van der Waals surface area contributed by atoms with E-state index in [1.807, 2.05) is 0 Å². The van der Waals surface area contributed by atoms with Crippen LogP contribution in [0.1, 0.15) is 18.4 Å². The van der Waals surface area contributed by atoms with Crippen molar-refractivity contribution in [1.82, 2.24) is 5.32 Å². The first kappa shape index (κ1) is 15.1. The normalized spacial score (nSPS) is 18.1. The number of halogens is 1. The molecule has 0 unspecified atom stereocenters. The minimum atomic E-state index is -1.00. The zero-order chi connectivity index (χ0) is 14.4. The largest absolute Gasteiger partial charge is 0.482 e. The summed E-state index contributed by atoms with van der Waals surface area (Å²) in [5.74, 6) is -0.463. The summed E-state index contributed by atoms with van der Waals surface area (Å²) >= 11 is 5.96. The van der Waals surface area contributed by atoms with Crippen molar-refractivity contribution in [3.63, 3.8) is 0 Å². The SMILES string of the molecule is O=C(O)COc1ccc(Cl)cc1CNC[C@@H]1CCCO1. The quantitative estimate of drug-likeness (QED) is 0.807. The molecule has 1 aliphatic heterocycles. The molecule has 110 valence electrons. The first-order chi connectivity index (χ1) is 9.65. The molecule has 0 bridgehead atoms. The van der Waals surface area contributed by atoms with Gasteiger partial charge in [0.1, 0.15) is 5.75 Å². The van der Waals surface area contributed by atoms with E-state index in [0.717, 1.165) is 31.6 Å². The summed E-state index contributed by atoms with van der Waals surface area (Å²) < 4.78 is 10.8. The van der Waals surface area contributed by atoms with Gasteiger partial charge >= 0.3 is 5.97 Å². The van der Waals surface area contributed by atoms with Gasteiger partial charge in [0.05, 0.1) is 6.10 Å². The van der Waals surface area contributed by atoms with Gasteiger partial charge in [-0.3, -0.25) is 0 Å². The fraction of sp³-hybridized carbons (Fsp3) is 0.500. The van der Waals surface area contributed by atoms with E-state index in [-0.39, 0.29) is 12.7 Å². The maximum Gasteiger partial charge on any atom is 0.341 e. The topological polar surface area (TPSA) is 67.8 Å². The van der Waals surface area contributed by atoms with Crippen LogP contribution in [0.3, 0.4) is 0 Å². The second-order valence-electron chi connectivity index (χ2n) is 4.70. The highest BCUT2D eigenvalue weighted by atomic mass is 35.5. The van der Waals surface area contributed by atoms with E-state index in [9.17, 15) is 4.79 Å². The van der Waals surface area contributed by atoms with E-state index in [2.05, 4.69) is 5.32 Å². The highest BCUT2D eigenvalue weighted by molar-refractivity contribution is 6.30. The molecule has 1 aromatic rings. The van der Waals surface area contributed by atoms with Gasteiger partial charge < -0.3 is 19.9 Å². The summed E-state index contributed by atoms with van der Waals surface area (Å²) in [4.78, 5) is 10.6. The maximum atomic E-state index is 10.6. The van der Waals surface area contributed by atoms with Crippen molar-refractivity contribution in [2.24, 2.45) is 0 Å². The van der Waals surface area contributed by atoms with Gasteiger partial charge in [0.25, 0.3) is 0 Å². The summed E-state index contributed by atoms with van der Waals surface area (Å²) in [6, 6.07) is 5.15. The van der Waals surface area contributed by atoms with Crippen molar-refractivity contribution in [2.75, 3.05) is 19.8 Å². The van der Waals surface area contributed by atoms with Gasteiger partial charge in [0.2, 0.25) is 0 Å². The van der Waals surface area contributed by atoms with Crippen LogP contribution >= 0.6 is 11.6 Å². The van der Waals surface area contributed by atoms with Crippen molar-refractivity contribution in [3.8, 4) is 5.75 Å². The molecule has 2 N–H and O–H groups in total. The molecule has 1 heterocycles. The minimum Gasteiger partial charge on any atom is -0.482 e. The Bertz CT molecular complexity index is 460. The van der Waals surface area contributed by atoms with Crippen molar-refractivity contribution in [3.05, 3.63) is 28.8 Å². The van der Waals surface area contributed by atoms with Gasteiger partial charge in [-0.15, -0.1) is 0 Å². The third-order valence-corrected chi connectivity index (χ3v) is 3.32. The molecule has 1 aromatic carbocycles. The van der Waals surface area contributed by atoms with E-state index in [4.69, 9.17) is 26.2 Å². The summed E-state index contributed by atoms with van der Waals surface area (Å²) in [6.07, 6.45) is 2.44. The van der Waals surface area contributed by atoms with Crippen LogP contribution < -0.4 is 10.1 Å². The summed E-state index contributed by atoms with van der Waals surface area (Å²) in [5, 5.41) is 12.5. The fourth-order valence-corrected chi connectivity index (χ4v) is 2.33. The Morgan fingerprint density at radius 1 is 1.55 bits per heavy atom. The second kappa shape index (κ2) is 7.47. The van der Waals surface area contributed by atoms with E-state index >= 15 is 0 Å². The number of carboxylic acids is 1. The van der Waals surface area contributed by atoms with Crippen LogP contribution in [0, 0.1) is 0 Å². The van der Waals surface area contributed by atoms with Crippen LogP contribution in [0.5, 0.6) is 5.75 Å². The van der Waals surface area contributed by atoms with Gasteiger partial charge in [0.15, 0.2) is 6.61 Å². The van der Waals surface area contributed by atoms with E-state index in [0.29, 0.717) is 17.3 Å². The van der Waals surface area contributed by atoms with Crippen LogP contribution in [-0.4, -0.2) is 36.9 Å². The molecule has 6 heteroatoms. The number of carboxylic acid groups (broad SMARTS) is 1.